The third-order valence-corrected chi connectivity index (χ3v) is 5.49. The number of fused-ring (bicyclic) bond motifs is 1. The number of aliphatic hydroxyl groups excluding tert-OH is 1. The van der Waals surface area contributed by atoms with Crippen LogP contribution in [-0.2, 0) is 30.3 Å². The van der Waals surface area contributed by atoms with Gasteiger partial charge in [0.2, 0.25) is 5.95 Å². The molecular formula is C12H17N5O7PS-. The van der Waals surface area contributed by atoms with Crippen LogP contribution in [0.25, 0.3) is 11.2 Å². The van der Waals surface area contributed by atoms with Crippen LogP contribution in [0.2, 0.25) is 0 Å². The second-order valence-corrected chi connectivity index (χ2v) is 8.30. The first kappa shape index (κ1) is 19.3. The predicted molar refractivity (Wildman–Crippen MR) is 90.5 cm³/mol. The quantitative estimate of drug-likeness (QED) is 0.464. The highest BCUT2D eigenvalue weighted by atomic mass is 32.5. The number of nitrogens with two attached hydrogens (primary N) is 1. The summed E-state index contributed by atoms with van der Waals surface area (Å²) < 4.78 is 22.0. The molecule has 26 heavy (non-hydrogen) atoms. The maximum Gasteiger partial charge on any atom is 0.280 e. The monoisotopic (exact) mass is 406 g/mol. The van der Waals surface area contributed by atoms with Gasteiger partial charge in [-0.1, -0.05) is 11.8 Å². The van der Waals surface area contributed by atoms with Gasteiger partial charge < -0.3 is 34.3 Å². The average Bonchev–Trinajstić information content (AvgIpc) is 3.11. The van der Waals surface area contributed by atoms with E-state index in [1.165, 1.54) is 18.0 Å². The molecule has 0 spiro atoms. The summed E-state index contributed by atoms with van der Waals surface area (Å²) in [5.74, 6) is -0.118. The van der Waals surface area contributed by atoms with Crippen molar-refractivity contribution >= 4 is 35.6 Å². The molecule has 2 aromatic rings. The largest absolute Gasteiger partial charge is 0.780 e. The maximum atomic E-state index is 12.0. The summed E-state index contributed by atoms with van der Waals surface area (Å²) in [6.07, 6.45) is -2.99. The van der Waals surface area contributed by atoms with Crippen LogP contribution < -0.4 is 16.2 Å². The van der Waals surface area contributed by atoms with Gasteiger partial charge in [0.1, 0.15) is 25.0 Å². The number of anilines is 1. The van der Waals surface area contributed by atoms with Crippen LogP contribution in [0.1, 0.15) is 6.23 Å². The van der Waals surface area contributed by atoms with Crippen molar-refractivity contribution in [1.82, 2.24) is 19.5 Å². The number of rotatable bonds is 6. The molecule has 0 radical (unpaired) electrons. The van der Waals surface area contributed by atoms with Crippen molar-refractivity contribution in [3.8, 4) is 0 Å². The number of ether oxygens (including phenoxy) is 2. The average molecular weight is 406 g/mol. The van der Waals surface area contributed by atoms with Crippen molar-refractivity contribution in [1.29, 1.82) is 0 Å². The zero-order valence-electron chi connectivity index (χ0n) is 13.8. The molecule has 1 aliphatic heterocycles. The highest BCUT2D eigenvalue weighted by Crippen LogP contribution is 2.44. The first-order chi connectivity index (χ1) is 12.3. The number of hydrogen-bond donors (Lipinski definition) is 3. The Bertz CT molecular complexity index is 904. The van der Waals surface area contributed by atoms with Crippen LogP contribution in [0.3, 0.4) is 0 Å². The first-order valence-corrected chi connectivity index (χ1v) is 9.93. The molecule has 1 fully saturated rings. The first-order valence-electron chi connectivity index (χ1n) is 7.37. The Hall–Kier alpha value is -1.44. The lowest BCUT2D eigenvalue weighted by Gasteiger charge is -2.31. The van der Waals surface area contributed by atoms with Gasteiger partial charge in [-0.2, -0.15) is 4.98 Å². The van der Waals surface area contributed by atoms with Crippen molar-refractivity contribution in [2.24, 2.45) is 0 Å². The van der Waals surface area contributed by atoms with Gasteiger partial charge in [-0.25, -0.2) is 4.98 Å². The van der Waals surface area contributed by atoms with Crippen LogP contribution >= 0.6 is 6.72 Å². The minimum Gasteiger partial charge on any atom is -0.780 e. The Labute approximate surface area is 152 Å². The molecule has 1 aliphatic rings. The van der Waals surface area contributed by atoms with E-state index in [2.05, 4.69) is 19.5 Å². The Kier molecular flexibility index (Phi) is 5.42. The summed E-state index contributed by atoms with van der Waals surface area (Å²) in [5.41, 5.74) is 5.17. The molecule has 12 nitrogen and oxygen atoms in total. The van der Waals surface area contributed by atoms with E-state index in [9.17, 15) is 14.8 Å². The van der Waals surface area contributed by atoms with Crippen LogP contribution in [0.15, 0.2) is 11.1 Å². The zero-order valence-corrected chi connectivity index (χ0v) is 15.5. The molecule has 0 bridgehead atoms. The molecule has 1 saturated heterocycles. The molecule has 144 valence electrons. The topological polar surface area (TPSA) is 170 Å². The molecule has 14 heteroatoms. The fourth-order valence-corrected chi connectivity index (χ4v) is 3.64. The lowest BCUT2D eigenvalue weighted by molar-refractivity contribution is -0.212. The second-order valence-electron chi connectivity index (χ2n) is 5.49. The Morgan fingerprint density at radius 3 is 2.96 bits per heavy atom. The second kappa shape index (κ2) is 7.29. The highest BCUT2D eigenvalue weighted by Gasteiger charge is 2.47. The van der Waals surface area contributed by atoms with Crippen molar-refractivity contribution in [3.63, 3.8) is 0 Å². The van der Waals surface area contributed by atoms with E-state index in [1.54, 1.807) is 0 Å². The van der Waals surface area contributed by atoms with E-state index >= 15 is 0 Å². The molecular weight excluding hydrogens is 389 g/mol. The van der Waals surface area contributed by atoms with Crippen molar-refractivity contribution < 1.29 is 28.5 Å². The molecule has 5 unspecified atom stereocenters. The SMILES string of the molecule is COCC1OC(n2cnc3c(=O)[nH]c(N)nc32)C(O)C1OP([O-])(=S)OC. The van der Waals surface area contributed by atoms with Gasteiger partial charge in [-0.3, -0.25) is 14.3 Å². The standard InChI is InChI=1S/C12H18N5O7PS/c1-21-3-5-8(24-25(20,26)22-2)7(18)11(23-5)17-4-14-6-9(17)15-12(13)16-10(6)19/h4-5,7-8,11,18H,3H2,1-2H3,(H,20,26)(H3,13,15,16,19)/p-1. The number of imidazole rings is 1. The third-order valence-electron chi connectivity index (χ3n) is 3.84. The van der Waals surface area contributed by atoms with E-state index in [0.717, 1.165) is 7.11 Å². The lowest BCUT2D eigenvalue weighted by Crippen LogP contribution is -2.37. The zero-order chi connectivity index (χ0) is 19.1. The van der Waals surface area contributed by atoms with Crippen LogP contribution in [-0.4, -0.2) is 63.8 Å². The predicted octanol–water partition coefficient (Wildman–Crippen LogP) is -1.78. The number of nitrogen functional groups attached to an aromatic ring is 1. The highest BCUT2D eigenvalue weighted by molar-refractivity contribution is 8.06. The summed E-state index contributed by atoms with van der Waals surface area (Å²) in [7, 11) is 2.57. The van der Waals surface area contributed by atoms with Gasteiger partial charge in [0.05, 0.1) is 12.9 Å². The number of aliphatic hydroxyl groups is 1. The number of nitrogens with zero attached hydrogens (tertiary/aromatic N) is 3. The van der Waals surface area contributed by atoms with E-state index in [4.69, 9.17) is 31.5 Å². The maximum absolute atomic E-state index is 12.0. The van der Waals surface area contributed by atoms with Crippen molar-refractivity contribution in [2.45, 2.75) is 24.5 Å². The minimum absolute atomic E-state index is 0.0218. The lowest BCUT2D eigenvalue weighted by atomic mass is 10.1. The molecule has 0 saturated carbocycles. The molecule has 0 aliphatic carbocycles. The minimum atomic E-state index is -3.82. The van der Waals surface area contributed by atoms with Crippen LogP contribution in [0.5, 0.6) is 0 Å². The summed E-state index contributed by atoms with van der Waals surface area (Å²) in [6.45, 7) is -3.79. The van der Waals surface area contributed by atoms with Crippen LogP contribution in [0, 0.1) is 0 Å². The molecule has 4 N–H and O–H groups in total. The molecule has 0 amide bonds. The molecule has 5 atom stereocenters. The Morgan fingerprint density at radius 1 is 1.58 bits per heavy atom. The number of methoxy groups -OCH3 is 1. The number of H-pyrrole nitrogens is 1. The van der Waals surface area contributed by atoms with Gasteiger partial charge >= 0.3 is 0 Å². The van der Waals surface area contributed by atoms with Gasteiger partial charge in [0.25, 0.3) is 5.56 Å². The number of aromatic amines is 1. The molecule has 3 heterocycles. The van der Waals surface area contributed by atoms with E-state index in [0.29, 0.717) is 0 Å². The summed E-state index contributed by atoms with van der Waals surface area (Å²) in [6, 6.07) is 0. The third kappa shape index (κ3) is 3.52. The smallest absolute Gasteiger partial charge is 0.280 e. The summed E-state index contributed by atoms with van der Waals surface area (Å²) in [5, 5.41) is 10.7. The Morgan fingerprint density at radius 2 is 2.31 bits per heavy atom. The van der Waals surface area contributed by atoms with Gasteiger partial charge in [-0.15, -0.1) is 0 Å². The van der Waals surface area contributed by atoms with Crippen LogP contribution in [0.4, 0.5) is 5.95 Å². The van der Waals surface area contributed by atoms with Gasteiger partial charge in [0, 0.05) is 14.2 Å². The Balaban J connectivity index is 1.98. The number of hydrogen-bond acceptors (Lipinski definition) is 11. The van der Waals surface area contributed by atoms with E-state index in [-0.39, 0.29) is 23.7 Å². The fourth-order valence-electron chi connectivity index (χ4n) is 2.70. The molecule has 3 rings (SSSR count). The fraction of sp³-hybridized carbons (Fsp3) is 0.583. The summed E-state index contributed by atoms with van der Waals surface area (Å²) >= 11 is 4.73. The van der Waals surface area contributed by atoms with E-state index in [1.807, 2.05) is 0 Å². The van der Waals surface area contributed by atoms with E-state index < -0.39 is 36.8 Å². The van der Waals surface area contributed by atoms with Gasteiger partial charge in [0.15, 0.2) is 17.4 Å². The molecule has 0 aromatic carbocycles. The molecule has 2 aromatic heterocycles. The number of nitrogens with one attached hydrogen (secondary N) is 1. The number of aromatic nitrogens is 4. The van der Waals surface area contributed by atoms with Crippen molar-refractivity contribution in [3.05, 3.63) is 16.7 Å². The van der Waals surface area contributed by atoms with Gasteiger partial charge in [-0.05, 0) is 0 Å². The van der Waals surface area contributed by atoms with Crippen molar-refractivity contribution in [2.75, 3.05) is 26.6 Å². The normalized spacial score (nSPS) is 28.5. The summed E-state index contributed by atoms with van der Waals surface area (Å²) in [4.78, 5) is 34.2.